The average molecular weight is 180 g/mol. The van der Waals surface area contributed by atoms with Gasteiger partial charge in [-0.2, -0.15) is 0 Å². The lowest BCUT2D eigenvalue weighted by atomic mass is 9.81. The molecule has 0 aliphatic heterocycles. The molecule has 2 fully saturated rings. The Morgan fingerprint density at radius 2 is 2.23 bits per heavy atom. The van der Waals surface area contributed by atoms with Crippen molar-refractivity contribution in [2.75, 3.05) is 0 Å². The number of hydrogen-bond donors (Lipinski definition) is 1. The van der Waals surface area contributed by atoms with Gasteiger partial charge in [0.1, 0.15) is 0 Å². The first-order valence-electron chi connectivity index (χ1n) is 5.47. The number of hydrogen-bond acceptors (Lipinski definition) is 1. The van der Waals surface area contributed by atoms with Gasteiger partial charge >= 0.3 is 0 Å². The van der Waals surface area contributed by atoms with Gasteiger partial charge in [0.2, 0.25) is 0 Å². The normalized spacial score (nSPS) is 41.8. The van der Waals surface area contributed by atoms with E-state index in [-0.39, 0.29) is 0 Å². The second-order valence-electron chi connectivity index (χ2n) is 5.20. The van der Waals surface area contributed by atoms with Gasteiger partial charge in [0.25, 0.3) is 0 Å². The van der Waals surface area contributed by atoms with Crippen molar-refractivity contribution in [1.29, 1.82) is 0 Å². The molecule has 1 N–H and O–H groups in total. The fourth-order valence-corrected chi connectivity index (χ4v) is 3.24. The van der Waals surface area contributed by atoms with E-state index in [0.717, 1.165) is 24.2 Å². The van der Waals surface area contributed by atoms with Crippen LogP contribution in [0.15, 0.2) is 12.7 Å². The van der Waals surface area contributed by atoms with Gasteiger partial charge in [-0.05, 0) is 50.4 Å². The highest BCUT2D eigenvalue weighted by Gasteiger charge is 2.41. The Morgan fingerprint density at radius 1 is 1.46 bits per heavy atom. The molecule has 2 bridgehead atoms. The standard InChI is InChI=1S/C12H20O/c1-3-12(2,13)8-11-7-9-4-5-10(11)6-9/h3,9-11,13H,1,4-8H2,2H3/t9-,10-,11-,12-/m1/s1. The Hall–Kier alpha value is -0.300. The van der Waals surface area contributed by atoms with Gasteiger partial charge in [-0.1, -0.05) is 12.5 Å². The van der Waals surface area contributed by atoms with Crippen LogP contribution in [-0.4, -0.2) is 10.7 Å². The Morgan fingerprint density at radius 3 is 2.69 bits per heavy atom. The minimum Gasteiger partial charge on any atom is -0.386 e. The van der Waals surface area contributed by atoms with Crippen molar-refractivity contribution in [3.8, 4) is 0 Å². The van der Waals surface area contributed by atoms with Crippen LogP contribution < -0.4 is 0 Å². The summed E-state index contributed by atoms with van der Waals surface area (Å²) in [5.74, 6) is 2.67. The summed E-state index contributed by atoms with van der Waals surface area (Å²) in [4.78, 5) is 0. The highest BCUT2D eigenvalue weighted by Crippen LogP contribution is 2.50. The van der Waals surface area contributed by atoms with Crippen molar-refractivity contribution in [2.24, 2.45) is 17.8 Å². The maximum absolute atomic E-state index is 9.89. The van der Waals surface area contributed by atoms with Gasteiger partial charge in [0.15, 0.2) is 0 Å². The molecule has 0 saturated heterocycles. The maximum atomic E-state index is 9.89. The number of rotatable bonds is 3. The SMILES string of the molecule is C=C[C@@](C)(O)C[C@H]1C[C@@H]2CC[C@@H]1C2. The van der Waals surface area contributed by atoms with E-state index in [4.69, 9.17) is 0 Å². The molecular weight excluding hydrogens is 160 g/mol. The lowest BCUT2D eigenvalue weighted by Gasteiger charge is -2.28. The molecule has 0 spiro atoms. The van der Waals surface area contributed by atoms with Crippen molar-refractivity contribution >= 4 is 0 Å². The van der Waals surface area contributed by atoms with Crippen molar-refractivity contribution in [2.45, 2.75) is 44.6 Å². The van der Waals surface area contributed by atoms with Crippen molar-refractivity contribution in [3.63, 3.8) is 0 Å². The van der Waals surface area contributed by atoms with Crippen LogP contribution in [0.25, 0.3) is 0 Å². The third kappa shape index (κ3) is 1.80. The summed E-state index contributed by atoms with van der Waals surface area (Å²) in [7, 11) is 0. The smallest absolute Gasteiger partial charge is 0.0799 e. The largest absolute Gasteiger partial charge is 0.386 e. The van der Waals surface area contributed by atoms with Gasteiger partial charge < -0.3 is 5.11 Å². The minimum absolute atomic E-state index is 0.630. The molecular formula is C12H20O. The summed E-state index contributed by atoms with van der Waals surface area (Å²) in [6.45, 7) is 5.57. The van der Waals surface area contributed by atoms with Crippen LogP contribution in [0, 0.1) is 17.8 Å². The Labute approximate surface area is 80.8 Å². The monoisotopic (exact) mass is 180 g/mol. The molecule has 74 valence electrons. The summed E-state index contributed by atoms with van der Waals surface area (Å²) in [5.41, 5.74) is -0.630. The lowest BCUT2D eigenvalue weighted by Crippen LogP contribution is -2.27. The molecule has 0 heterocycles. The summed E-state index contributed by atoms with van der Waals surface area (Å²) >= 11 is 0. The number of fused-ring (bicyclic) bond motifs is 2. The highest BCUT2D eigenvalue weighted by atomic mass is 16.3. The van der Waals surface area contributed by atoms with Crippen LogP contribution in [-0.2, 0) is 0 Å². The van der Waals surface area contributed by atoms with Gasteiger partial charge in [-0.3, -0.25) is 0 Å². The minimum atomic E-state index is -0.630. The van der Waals surface area contributed by atoms with Crippen LogP contribution in [0.2, 0.25) is 0 Å². The zero-order chi connectivity index (χ0) is 9.47. The molecule has 2 aliphatic rings. The lowest BCUT2D eigenvalue weighted by molar-refractivity contribution is 0.0697. The second kappa shape index (κ2) is 3.13. The maximum Gasteiger partial charge on any atom is 0.0799 e. The third-order valence-corrected chi connectivity index (χ3v) is 4.00. The van der Waals surface area contributed by atoms with E-state index in [1.807, 2.05) is 6.92 Å². The Kier molecular flexibility index (Phi) is 2.23. The van der Waals surface area contributed by atoms with E-state index >= 15 is 0 Å². The van der Waals surface area contributed by atoms with Crippen LogP contribution >= 0.6 is 0 Å². The van der Waals surface area contributed by atoms with Crippen LogP contribution in [0.5, 0.6) is 0 Å². The van der Waals surface area contributed by atoms with E-state index in [0.29, 0.717) is 0 Å². The van der Waals surface area contributed by atoms with E-state index < -0.39 is 5.60 Å². The molecule has 1 heteroatoms. The Bertz CT molecular complexity index is 207. The highest BCUT2D eigenvalue weighted by molar-refractivity contribution is 4.98. The molecule has 0 unspecified atom stereocenters. The quantitative estimate of drug-likeness (QED) is 0.662. The van der Waals surface area contributed by atoms with Gasteiger partial charge in [-0.15, -0.1) is 6.58 Å². The molecule has 2 saturated carbocycles. The summed E-state index contributed by atoms with van der Waals surface area (Å²) in [5, 5.41) is 9.89. The molecule has 0 aromatic heterocycles. The third-order valence-electron chi connectivity index (χ3n) is 4.00. The zero-order valence-electron chi connectivity index (χ0n) is 8.50. The van der Waals surface area contributed by atoms with Crippen molar-refractivity contribution in [1.82, 2.24) is 0 Å². The van der Waals surface area contributed by atoms with E-state index in [2.05, 4.69) is 6.58 Å². The van der Waals surface area contributed by atoms with Crippen LogP contribution in [0.3, 0.4) is 0 Å². The molecule has 2 rings (SSSR count). The zero-order valence-corrected chi connectivity index (χ0v) is 8.50. The van der Waals surface area contributed by atoms with E-state index in [9.17, 15) is 5.11 Å². The Balaban J connectivity index is 1.93. The molecule has 0 amide bonds. The predicted molar refractivity (Wildman–Crippen MR) is 54.4 cm³/mol. The molecule has 0 aromatic carbocycles. The summed E-state index contributed by atoms with van der Waals surface area (Å²) in [6.07, 6.45) is 8.25. The summed E-state index contributed by atoms with van der Waals surface area (Å²) < 4.78 is 0. The summed E-state index contributed by atoms with van der Waals surface area (Å²) in [6, 6.07) is 0. The fourth-order valence-electron chi connectivity index (χ4n) is 3.24. The van der Waals surface area contributed by atoms with Crippen molar-refractivity contribution in [3.05, 3.63) is 12.7 Å². The fraction of sp³-hybridized carbons (Fsp3) is 0.833. The van der Waals surface area contributed by atoms with Gasteiger partial charge in [0, 0.05) is 0 Å². The average Bonchev–Trinajstić information content (AvgIpc) is 2.64. The van der Waals surface area contributed by atoms with E-state index in [1.165, 1.54) is 25.7 Å². The molecule has 13 heavy (non-hydrogen) atoms. The first-order valence-corrected chi connectivity index (χ1v) is 5.47. The predicted octanol–water partition coefficient (Wildman–Crippen LogP) is 2.75. The van der Waals surface area contributed by atoms with Gasteiger partial charge in [-0.25, -0.2) is 0 Å². The first kappa shape index (κ1) is 9.26. The van der Waals surface area contributed by atoms with Crippen LogP contribution in [0.1, 0.15) is 39.0 Å². The molecule has 0 radical (unpaired) electrons. The van der Waals surface area contributed by atoms with E-state index in [1.54, 1.807) is 6.08 Å². The molecule has 2 aliphatic carbocycles. The second-order valence-corrected chi connectivity index (χ2v) is 5.20. The number of aliphatic hydroxyl groups is 1. The van der Waals surface area contributed by atoms with Gasteiger partial charge in [0.05, 0.1) is 5.60 Å². The molecule has 1 nitrogen and oxygen atoms in total. The van der Waals surface area contributed by atoms with Crippen LogP contribution in [0.4, 0.5) is 0 Å². The van der Waals surface area contributed by atoms with Crippen molar-refractivity contribution < 1.29 is 5.11 Å². The molecule has 4 atom stereocenters. The topological polar surface area (TPSA) is 20.2 Å². The first-order chi connectivity index (χ1) is 6.11. The molecule has 0 aromatic rings.